The van der Waals surface area contributed by atoms with Crippen LogP contribution in [0.5, 0.6) is 0 Å². The minimum atomic E-state index is -0.801. The van der Waals surface area contributed by atoms with E-state index in [4.69, 9.17) is 20.6 Å². The highest BCUT2D eigenvalue weighted by Crippen LogP contribution is 2.53. The second-order valence-electron chi connectivity index (χ2n) is 8.20. The highest BCUT2D eigenvalue weighted by atomic mass is 16.7. The molecule has 2 heterocycles. The van der Waals surface area contributed by atoms with Gasteiger partial charge in [-0.15, -0.1) is 13.0 Å². The number of allylic oxidation sites excluding steroid dienone is 1. The number of rotatable bonds is 3. The zero-order valence-electron chi connectivity index (χ0n) is 15.2. The lowest BCUT2D eigenvalue weighted by Crippen LogP contribution is -2.53. The zero-order valence-corrected chi connectivity index (χ0v) is 15.2. The van der Waals surface area contributed by atoms with Gasteiger partial charge in [-0.3, -0.25) is 4.79 Å². The van der Waals surface area contributed by atoms with E-state index in [2.05, 4.69) is 12.5 Å². The molecule has 0 radical (unpaired) electrons. The molecular formula is C20H26O5. The van der Waals surface area contributed by atoms with Crippen molar-refractivity contribution in [1.82, 2.24) is 0 Å². The zero-order chi connectivity index (χ0) is 18.4. The molecule has 2 aliphatic heterocycles. The Kier molecular flexibility index (Phi) is 4.35. The summed E-state index contributed by atoms with van der Waals surface area (Å²) in [5, 5.41) is 0. The molecule has 1 aliphatic carbocycles. The Morgan fingerprint density at radius 1 is 1.28 bits per heavy atom. The quantitative estimate of drug-likeness (QED) is 0.444. The third-order valence-corrected chi connectivity index (χ3v) is 6.09. The number of esters is 1. The van der Waals surface area contributed by atoms with Crippen LogP contribution in [-0.4, -0.2) is 29.4 Å². The number of hydrogen-bond acceptors (Lipinski definition) is 5. The molecule has 3 rings (SSSR count). The van der Waals surface area contributed by atoms with Gasteiger partial charge in [0.15, 0.2) is 6.10 Å². The number of hydrogen-bond donors (Lipinski definition) is 0. The lowest BCUT2D eigenvalue weighted by atomic mass is 9.73. The van der Waals surface area contributed by atoms with Crippen LogP contribution < -0.4 is 0 Å². The lowest BCUT2D eigenvalue weighted by Gasteiger charge is -2.45. The molecule has 0 aromatic carbocycles. The molecule has 0 N–H and O–H groups in total. The van der Waals surface area contributed by atoms with Gasteiger partial charge in [0.25, 0.3) is 0 Å². The lowest BCUT2D eigenvalue weighted by molar-refractivity contribution is -0.163. The van der Waals surface area contributed by atoms with Crippen LogP contribution in [0, 0.1) is 30.1 Å². The van der Waals surface area contributed by atoms with Crippen LogP contribution in [0.3, 0.4) is 0 Å². The summed E-state index contributed by atoms with van der Waals surface area (Å²) in [5.74, 6) is 2.09. The Morgan fingerprint density at radius 2 is 1.96 bits per heavy atom. The molecule has 0 aromatic rings. The van der Waals surface area contributed by atoms with Crippen molar-refractivity contribution < 1.29 is 23.8 Å². The van der Waals surface area contributed by atoms with Crippen LogP contribution in [0.25, 0.3) is 0 Å². The molecule has 3 aliphatic rings. The van der Waals surface area contributed by atoms with Crippen LogP contribution in [0.4, 0.5) is 4.79 Å². The van der Waals surface area contributed by atoms with E-state index in [1.807, 2.05) is 20.8 Å². The monoisotopic (exact) mass is 346 g/mol. The molecule has 0 spiro atoms. The first-order chi connectivity index (χ1) is 11.7. The van der Waals surface area contributed by atoms with Gasteiger partial charge >= 0.3 is 12.1 Å². The molecule has 3 fully saturated rings. The molecule has 1 saturated carbocycles. The second-order valence-corrected chi connectivity index (χ2v) is 8.20. The predicted molar refractivity (Wildman–Crippen MR) is 91.5 cm³/mol. The maximum Gasteiger partial charge on any atom is 0.510 e. The van der Waals surface area contributed by atoms with Gasteiger partial charge in [-0.25, -0.2) is 4.79 Å². The summed E-state index contributed by atoms with van der Waals surface area (Å²) in [6.07, 6.45) is 7.54. The minimum absolute atomic E-state index is 0.0874. The summed E-state index contributed by atoms with van der Waals surface area (Å²) >= 11 is 0. The Labute approximate surface area is 149 Å². The fraction of sp³-hybridized carbons (Fsp3) is 0.700. The molecule has 0 aromatic heterocycles. The molecule has 0 bridgehead atoms. The number of fused-ring (bicyclic) bond motifs is 2. The van der Waals surface area contributed by atoms with Crippen molar-refractivity contribution in [3.63, 3.8) is 0 Å². The van der Waals surface area contributed by atoms with Crippen molar-refractivity contribution in [2.75, 3.05) is 0 Å². The first-order valence-electron chi connectivity index (χ1n) is 8.91. The summed E-state index contributed by atoms with van der Waals surface area (Å²) in [4.78, 5) is 24.6. The Hall–Kier alpha value is -1.96. The second kappa shape index (κ2) is 6.09. The van der Waals surface area contributed by atoms with Gasteiger partial charge in [0, 0.05) is 18.3 Å². The van der Waals surface area contributed by atoms with Crippen LogP contribution in [-0.2, 0) is 19.0 Å². The van der Waals surface area contributed by atoms with E-state index < -0.39 is 23.5 Å². The normalized spacial score (nSPS) is 39.0. The average molecular weight is 346 g/mol. The molecule has 25 heavy (non-hydrogen) atoms. The van der Waals surface area contributed by atoms with E-state index in [-0.39, 0.29) is 23.7 Å². The number of cyclic esters (lactones) is 2. The van der Waals surface area contributed by atoms with E-state index in [0.717, 1.165) is 18.4 Å². The first kappa shape index (κ1) is 17.8. The average Bonchev–Trinajstić information content (AvgIpc) is 2.66. The van der Waals surface area contributed by atoms with Gasteiger partial charge in [-0.2, -0.15) is 0 Å². The maximum absolute atomic E-state index is 12.5. The van der Waals surface area contributed by atoms with Crippen molar-refractivity contribution in [2.45, 2.75) is 70.2 Å². The van der Waals surface area contributed by atoms with Crippen LogP contribution in [0.2, 0.25) is 0 Å². The van der Waals surface area contributed by atoms with Crippen LogP contribution in [0.1, 0.15) is 52.9 Å². The molecule has 0 amide bonds. The summed E-state index contributed by atoms with van der Waals surface area (Å²) in [5.41, 5.74) is -0.311. The maximum atomic E-state index is 12.5. The highest BCUT2D eigenvalue weighted by molar-refractivity contribution is 5.76. The highest BCUT2D eigenvalue weighted by Gasteiger charge is 2.60. The van der Waals surface area contributed by atoms with Gasteiger partial charge in [-0.1, -0.05) is 11.5 Å². The molecule has 0 unspecified atom stereocenters. The third-order valence-electron chi connectivity index (χ3n) is 6.09. The van der Waals surface area contributed by atoms with Gasteiger partial charge in [0.1, 0.15) is 11.2 Å². The number of carbonyl (C=O) groups is 2. The fourth-order valence-electron chi connectivity index (χ4n) is 4.81. The molecule has 136 valence electrons. The number of terminal acetylenes is 1. The van der Waals surface area contributed by atoms with Crippen LogP contribution >= 0.6 is 0 Å². The molecular weight excluding hydrogens is 320 g/mol. The Morgan fingerprint density at radius 3 is 2.60 bits per heavy atom. The summed E-state index contributed by atoms with van der Waals surface area (Å²) in [6.45, 7) is 9.80. The van der Waals surface area contributed by atoms with Gasteiger partial charge in [0.05, 0.1) is 5.92 Å². The fourth-order valence-corrected chi connectivity index (χ4v) is 4.81. The van der Waals surface area contributed by atoms with Crippen molar-refractivity contribution >= 4 is 12.1 Å². The van der Waals surface area contributed by atoms with E-state index in [0.29, 0.717) is 19.3 Å². The van der Waals surface area contributed by atoms with Crippen molar-refractivity contribution in [3.8, 4) is 12.3 Å². The predicted octanol–water partition coefficient (Wildman–Crippen LogP) is 3.62. The van der Waals surface area contributed by atoms with Crippen LogP contribution in [0.15, 0.2) is 12.2 Å². The smallest absolute Gasteiger partial charge is 0.459 e. The molecule has 5 nitrogen and oxygen atoms in total. The third kappa shape index (κ3) is 3.03. The van der Waals surface area contributed by atoms with E-state index >= 15 is 0 Å². The Bertz CT molecular complexity index is 643. The minimum Gasteiger partial charge on any atom is -0.459 e. The van der Waals surface area contributed by atoms with E-state index in [1.54, 1.807) is 0 Å². The Balaban J connectivity index is 2.00. The van der Waals surface area contributed by atoms with Crippen molar-refractivity contribution in [3.05, 3.63) is 12.2 Å². The summed E-state index contributed by atoms with van der Waals surface area (Å²) < 4.78 is 16.6. The first-order valence-corrected chi connectivity index (χ1v) is 8.91. The van der Waals surface area contributed by atoms with Gasteiger partial charge in [0.2, 0.25) is 0 Å². The van der Waals surface area contributed by atoms with Gasteiger partial charge < -0.3 is 14.2 Å². The molecule has 2 saturated heterocycles. The number of carbonyl (C=O) groups excluding carboxylic acids is 2. The topological polar surface area (TPSA) is 61.8 Å². The van der Waals surface area contributed by atoms with Crippen molar-refractivity contribution in [1.29, 1.82) is 0 Å². The molecule has 5 atom stereocenters. The number of ether oxygens (including phenoxy) is 3. The SMILES string of the molecule is C#C[C@@H]1OC(=O)O[C@]2(CCC(=C)C)C[C@@H]3C(=O)OC(C)(C)[C@H]3CC[C@H]12. The van der Waals surface area contributed by atoms with Crippen molar-refractivity contribution in [2.24, 2.45) is 17.8 Å². The summed E-state index contributed by atoms with van der Waals surface area (Å²) in [6, 6.07) is 0. The van der Waals surface area contributed by atoms with E-state index in [9.17, 15) is 9.59 Å². The van der Waals surface area contributed by atoms with Gasteiger partial charge in [-0.05, 0) is 46.5 Å². The summed E-state index contributed by atoms with van der Waals surface area (Å²) in [7, 11) is 0. The van der Waals surface area contributed by atoms with E-state index in [1.165, 1.54) is 0 Å². The standard InChI is InChI=1S/C20H26O5/c1-6-16-15-8-7-14-13(17(21)24-19(14,4)5)11-20(15,10-9-12(2)3)25-18(22)23-16/h1,13-16H,2,7-11H2,3-5H3/t13-,14-,15+,16-,20+/m0/s1. The largest absolute Gasteiger partial charge is 0.510 e. The molecule has 5 heteroatoms.